The van der Waals surface area contributed by atoms with Crippen LogP contribution in [0.15, 0.2) is 24.5 Å². The minimum Gasteiger partial charge on any atom is -0.619 e. The van der Waals surface area contributed by atoms with E-state index in [1.54, 1.807) is 22.9 Å². The average molecular weight is 494 g/mol. The topological polar surface area (TPSA) is 199 Å². The van der Waals surface area contributed by atoms with Crippen LogP contribution < -0.4 is 9.88 Å². The van der Waals surface area contributed by atoms with Crippen molar-refractivity contribution in [2.45, 2.75) is 19.2 Å². The Bertz CT molecular complexity index is 676. The van der Waals surface area contributed by atoms with Crippen LogP contribution in [0.25, 0.3) is 5.73 Å². The number of esters is 1. The van der Waals surface area contributed by atoms with E-state index in [2.05, 4.69) is 19.8 Å². The van der Waals surface area contributed by atoms with Crippen molar-refractivity contribution in [2.24, 2.45) is 0 Å². The molecule has 1 aromatic rings. The van der Waals surface area contributed by atoms with Gasteiger partial charge < -0.3 is 20.9 Å². The summed E-state index contributed by atoms with van der Waals surface area (Å²) < 4.78 is 5.66. The molecule has 0 saturated carbocycles. The summed E-state index contributed by atoms with van der Waals surface area (Å²) in [7, 11) is 1.07. The average Bonchev–Trinajstić information content (AvgIpc) is 2.68. The van der Waals surface area contributed by atoms with Crippen LogP contribution in [0.3, 0.4) is 0 Å². The fraction of sp³-hybridized carbons (Fsp3) is 0.429. The number of ether oxygens (including phenoxy) is 1. The van der Waals surface area contributed by atoms with Crippen LogP contribution in [0.4, 0.5) is 0 Å². The minimum absolute atomic E-state index is 0. The molecule has 0 aliphatic heterocycles. The van der Waals surface area contributed by atoms with Gasteiger partial charge in [-0.2, -0.15) is 4.84 Å². The summed E-state index contributed by atoms with van der Waals surface area (Å²) in [6.45, 7) is -0.00912. The maximum atomic E-state index is 11.6. The van der Waals surface area contributed by atoms with Crippen LogP contribution in [0.5, 0.6) is 0 Å². The molecule has 1 heterocycles. The molecular formula is C14H21N4O10Y+. The number of hydrogen-bond donors (Lipinski definition) is 4. The number of carbonyl (C=O) groups is 3. The van der Waals surface area contributed by atoms with Crippen molar-refractivity contribution in [2.75, 3.05) is 20.3 Å². The Morgan fingerprint density at radius 1 is 1.38 bits per heavy atom. The van der Waals surface area contributed by atoms with Crippen LogP contribution in [0, 0.1) is 4.91 Å². The summed E-state index contributed by atoms with van der Waals surface area (Å²) in [5.41, 5.74) is 7.54. The summed E-state index contributed by atoms with van der Waals surface area (Å²) in [4.78, 5) is 49.7. The van der Waals surface area contributed by atoms with Gasteiger partial charge in [0.2, 0.25) is 0 Å². The Morgan fingerprint density at radius 2 is 2.03 bits per heavy atom. The number of aromatic nitrogens is 1. The second kappa shape index (κ2) is 16.7. The molecule has 1 radical (unpaired) electrons. The number of pyridine rings is 1. The third-order valence-electron chi connectivity index (χ3n) is 2.84. The molecule has 1 amide bonds. The molecule has 1 aromatic heterocycles. The molecule has 14 nitrogen and oxygen atoms in total. The van der Waals surface area contributed by atoms with E-state index in [-0.39, 0.29) is 58.4 Å². The molecule has 15 heteroatoms. The third-order valence-corrected chi connectivity index (χ3v) is 2.84. The fourth-order valence-electron chi connectivity index (χ4n) is 1.60. The summed E-state index contributed by atoms with van der Waals surface area (Å²) in [6, 6.07) is 3.27. The van der Waals surface area contributed by atoms with E-state index in [1.807, 2.05) is 0 Å². The monoisotopic (exact) mass is 494 g/mol. The van der Waals surface area contributed by atoms with Gasteiger partial charge in [0.15, 0.2) is 25.1 Å². The molecule has 159 valence electrons. The van der Waals surface area contributed by atoms with Crippen molar-refractivity contribution < 1.29 is 86.8 Å². The molecule has 0 bridgehead atoms. The van der Waals surface area contributed by atoms with E-state index < -0.39 is 29.6 Å². The molecule has 0 aliphatic carbocycles. The van der Waals surface area contributed by atoms with E-state index in [4.69, 9.17) is 21.3 Å². The number of nitrogens with one attached hydrogen (secondary N) is 2. The zero-order valence-electron chi connectivity index (χ0n) is 15.4. The van der Waals surface area contributed by atoms with Gasteiger partial charge in [-0.25, -0.2) is 19.5 Å². The van der Waals surface area contributed by atoms with Gasteiger partial charge in [0, 0.05) is 38.8 Å². The van der Waals surface area contributed by atoms with E-state index >= 15 is 0 Å². The molecule has 0 saturated heterocycles. The van der Waals surface area contributed by atoms with Gasteiger partial charge in [0.05, 0.1) is 26.7 Å². The van der Waals surface area contributed by atoms with Gasteiger partial charge in [0.1, 0.15) is 10.5 Å². The summed E-state index contributed by atoms with van der Waals surface area (Å²) in [6.07, 6.45) is 1.14. The second-order valence-corrected chi connectivity index (χ2v) is 4.81. The maximum Gasteiger partial charge on any atom is 0.475 e. The maximum absolute atomic E-state index is 11.6. The van der Waals surface area contributed by atoms with Crippen molar-refractivity contribution in [3.63, 3.8) is 0 Å². The number of nitrogens with zero attached hydrogens (tertiary/aromatic N) is 2. The van der Waals surface area contributed by atoms with Crippen LogP contribution in [0.2, 0.25) is 0 Å². The summed E-state index contributed by atoms with van der Waals surface area (Å²) in [5, 5.41) is 26.1. The third kappa shape index (κ3) is 13.5. The van der Waals surface area contributed by atoms with Crippen molar-refractivity contribution in [3.8, 4) is 0 Å². The van der Waals surface area contributed by atoms with Crippen LogP contribution >= 0.6 is 0 Å². The van der Waals surface area contributed by atoms with Crippen LogP contribution in [0.1, 0.15) is 16.8 Å². The van der Waals surface area contributed by atoms with E-state index in [9.17, 15) is 19.3 Å². The Labute approximate surface area is 189 Å². The van der Waals surface area contributed by atoms with E-state index in [0.29, 0.717) is 5.56 Å². The molecule has 1 rings (SSSR count). The van der Waals surface area contributed by atoms with Gasteiger partial charge in [-0.1, -0.05) is 0 Å². The molecule has 0 fully saturated rings. The first kappa shape index (κ1) is 28.9. The number of carbonyl (C=O) groups excluding carboxylic acids is 2. The number of carboxylic acid groups (broad SMARTS) is 1. The quantitative estimate of drug-likeness (QED) is 0.106. The Balaban J connectivity index is 0. The Hall–Kier alpha value is -2.26. The minimum atomic E-state index is -1.45. The van der Waals surface area contributed by atoms with E-state index in [0.717, 1.165) is 7.11 Å². The molecule has 5 N–H and O–H groups in total. The molecular weight excluding hydrogens is 473 g/mol. The fourth-order valence-corrected chi connectivity index (χ4v) is 1.60. The first-order valence-electron chi connectivity index (χ1n) is 7.55. The van der Waals surface area contributed by atoms with Crippen LogP contribution in [-0.4, -0.2) is 64.9 Å². The van der Waals surface area contributed by atoms with Crippen molar-refractivity contribution in [3.05, 3.63) is 40.7 Å². The molecule has 29 heavy (non-hydrogen) atoms. The Kier molecular flexibility index (Phi) is 16.6. The zero-order chi connectivity index (χ0) is 21.5. The first-order valence-corrected chi connectivity index (χ1v) is 7.55. The van der Waals surface area contributed by atoms with Crippen LogP contribution in [-0.2, 0) is 63.4 Å². The number of methoxy groups -OCH3 is 1. The van der Waals surface area contributed by atoms with Crippen molar-refractivity contribution in [1.82, 2.24) is 5.32 Å². The van der Waals surface area contributed by atoms with Gasteiger partial charge in [-0.15, -0.1) is 0 Å². The Morgan fingerprint density at radius 3 is 2.52 bits per heavy atom. The second-order valence-electron chi connectivity index (χ2n) is 4.81. The molecule has 0 spiro atoms. The molecule has 1 atom stereocenters. The largest absolute Gasteiger partial charge is 0.619 e. The predicted octanol–water partition coefficient (Wildman–Crippen LogP) is -0.697. The van der Waals surface area contributed by atoms with Gasteiger partial charge in [-0.3, -0.25) is 14.8 Å². The molecule has 0 aromatic carbocycles. The summed E-state index contributed by atoms with van der Waals surface area (Å²) in [5.74, 6) is -2.52. The number of rotatable bonds is 10. The molecule has 1 unspecified atom stereocenters. The number of aliphatic carboxylic acids is 1. The smallest absolute Gasteiger partial charge is 0.475 e. The standard InChI is InChI=1S/C9H12N4O4.C5H8O6.Y/c10-7-12-4-1-2-8(6-12)9(14)11-3-5-17-13(15)16;1-10-5(8)3(11-9)2-4(6)7;/h1-2,4,6,10H,3,5,7H2,(H-,11,14,15,16);3,9H,2H2,1H3,(H,6,7);/p+1. The SMILES string of the molecule is COC(=O)C(CC(=O)O)OO.[NH-]C[n+]1cccc(C(=O)NCCO[N+](=O)O)c1.[Y]. The number of amides is 1. The zero-order valence-corrected chi connectivity index (χ0v) is 18.2. The van der Waals surface area contributed by atoms with Crippen molar-refractivity contribution >= 4 is 17.8 Å². The van der Waals surface area contributed by atoms with Gasteiger partial charge >= 0.3 is 17.0 Å². The van der Waals surface area contributed by atoms with Gasteiger partial charge in [0.25, 0.3) is 5.91 Å². The normalized spacial score (nSPS) is 10.3. The predicted molar refractivity (Wildman–Crippen MR) is 86.4 cm³/mol. The van der Waals surface area contributed by atoms with E-state index in [1.165, 1.54) is 6.20 Å². The van der Waals surface area contributed by atoms with Gasteiger partial charge in [-0.05, 0) is 6.07 Å². The molecule has 0 aliphatic rings. The van der Waals surface area contributed by atoms with Crippen molar-refractivity contribution in [1.29, 1.82) is 0 Å². The summed E-state index contributed by atoms with van der Waals surface area (Å²) >= 11 is 0. The first-order chi connectivity index (χ1) is 13.2. The number of carboxylic acids is 1. The number of hydrogen-bond acceptors (Lipinski definition) is 8.